The van der Waals surface area contributed by atoms with Crippen molar-refractivity contribution in [3.63, 3.8) is 0 Å². The number of nitrogens with one attached hydrogen (secondary N) is 1. The lowest BCUT2D eigenvalue weighted by Crippen LogP contribution is -2.10. The number of benzene rings is 1. The molecule has 0 aliphatic heterocycles. The number of rotatable bonds is 6. The molecule has 2 rings (SSSR count). The van der Waals surface area contributed by atoms with Crippen molar-refractivity contribution in [1.29, 1.82) is 0 Å². The molecule has 0 spiro atoms. The van der Waals surface area contributed by atoms with E-state index < -0.39 is 4.92 Å². The van der Waals surface area contributed by atoms with Crippen molar-refractivity contribution in [2.45, 2.75) is 20.0 Å². The molecule has 0 atom stereocenters. The molecule has 1 aromatic carbocycles. The first-order chi connectivity index (χ1) is 10.5. The molecule has 1 N–H and O–H groups in total. The van der Waals surface area contributed by atoms with Crippen LogP contribution in [0.15, 0.2) is 30.6 Å². The van der Waals surface area contributed by atoms with Gasteiger partial charge in [0.1, 0.15) is 12.1 Å². The van der Waals surface area contributed by atoms with Gasteiger partial charge in [-0.05, 0) is 26.0 Å². The van der Waals surface area contributed by atoms with Gasteiger partial charge in [-0.25, -0.2) is 4.98 Å². The van der Waals surface area contributed by atoms with Crippen LogP contribution in [0.3, 0.4) is 0 Å². The van der Waals surface area contributed by atoms with E-state index in [1.54, 1.807) is 45.2 Å². The summed E-state index contributed by atoms with van der Waals surface area (Å²) in [6, 6.07) is 6.98. The van der Waals surface area contributed by atoms with Gasteiger partial charge in [-0.1, -0.05) is 6.07 Å². The Hall–Kier alpha value is -2.90. The molecular formula is C14H16N4O4. The van der Waals surface area contributed by atoms with Crippen molar-refractivity contribution in [2.24, 2.45) is 0 Å². The highest BCUT2D eigenvalue weighted by atomic mass is 16.6. The van der Waals surface area contributed by atoms with E-state index in [2.05, 4.69) is 15.3 Å². The molecule has 1 aromatic heterocycles. The van der Waals surface area contributed by atoms with Crippen LogP contribution in [0.4, 0.5) is 17.2 Å². The van der Waals surface area contributed by atoms with Crippen molar-refractivity contribution in [3.05, 3.63) is 40.7 Å². The van der Waals surface area contributed by atoms with Gasteiger partial charge < -0.3 is 14.8 Å². The summed E-state index contributed by atoms with van der Waals surface area (Å²) in [7, 11) is 1.54. The highest BCUT2D eigenvalue weighted by Gasteiger charge is 2.25. The third kappa shape index (κ3) is 3.60. The Morgan fingerprint density at radius 2 is 2.09 bits per heavy atom. The molecule has 0 fully saturated rings. The number of aromatic nitrogens is 2. The Morgan fingerprint density at radius 3 is 2.73 bits per heavy atom. The standard InChI is InChI=1S/C14H16N4O4/c1-9(2)22-14-12(18(19)20)13(15-8-16-14)17-10-5-4-6-11(7-10)21-3/h4-9H,1-3H3,(H,15,16,17). The van der Waals surface area contributed by atoms with E-state index in [1.165, 1.54) is 6.33 Å². The number of nitro groups is 1. The molecule has 1 heterocycles. The summed E-state index contributed by atoms with van der Waals surface area (Å²) in [5, 5.41) is 14.2. The second kappa shape index (κ2) is 6.70. The average molecular weight is 304 g/mol. The molecule has 0 radical (unpaired) electrons. The predicted molar refractivity (Wildman–Crippen MR) is 80.7 cm³/mol. The van der Waals surface area contributed by atoms with Gasteiger partial charge in [0, 0.05) is 11.8 Å². The van der Waals surface area contributed by atoms with Crippen LogP contribution in [0.2, 0.25) is 0 Å². The van der Waals surface area contributed by atoms with Crippen LogP contribution in [-0.4, -0.2) is 28.1 Å². The molecule has 0 amide bonds. The summed E-state index contributed by atoms with van der Waals surface area (Å²) in [5.41, 5.74) is 0.302. The highest BCUT2D eigenvalue weighted by molar-refractivity contribution is 5.69. The zero-order valence-electron chi connectivity index (χ0n) is 12.4. The van der Waals surface area contributed by atoms with E-state index in [9.17, 15) is 10.1 Å². The van der Waals surface area contributed by atoms with Crippen molar-refractivity contribution in [2.75, 3.05) is 12.4 Å². The molecule has 8 nitrogen and oxygen atoms in total. The van der Waals surface area contributed by atoms with Gasteiger partial charge >= 0.3 is 5.69 Å². The molecule has 0 aliphatic carbocycles. The topological polar surface area (TPSA) is 99.4 Å². The van der Waals surface area contributed by atoms with Gasteiger partial charge in [0.25, 0.3) is 5.88 Å². The maximum atomic E-state index is 11.3. The van der Waals surface area contributed by atoms with Crippen LogP contribution in [0.25, 0.3) is 0 Å². The number of nitrogens with zero attached hydrogens (tertiary/aromatic N) is 3. The second-order valence-electron chi connectivity index (χ2n) is 4.66. The fraction of sp³-hybridized carbons (Fsp3) is 0.286. The third-order valence-corrected chi connectivity index (χ3v) is 2.65. The van der Waals surface area contributed by atoms with Crippen LogP contribution in [0, 0.1) is 10.1 Å². The van der Waals surface area contributed by atoms with E-state index in [1.807, 2.05) is 0 Å². The monoisotopic (exact) mass is 304 g/mol. The van der Waals surface area contributed by atoms with Crippen LogP contribution in [-0.2, 0) is 0 Å². The second-order valence-corrected chi connectivity index (χ2v) is 4.66. The molecule has 0 saturated carbocycles. The first-order valence-corrected chi connectivity index (χ1v) is 6.58. The van der Waals surface area contributed by atoms with Crippen LogP contribution in [0.5, 0.6) is 11.6 Å². The zero-order chi connectivity index (χ0) is 16.1. The van der Waals surface area contributed by atoms with Gasteiger partial charge in [-0.3, -0.25) is 10.1 Å². The number of hydrogen-bond donors (Lipinski definition) is 1. The van der Waals surface area contributed by atoms with Gasteiger partial charge in [-0.2, -0.15) is 4.98 Å². The van der Waals surface area contributed by atoms with Gasteiger partial charge in [-0.15, -0.1) is 0 Å². The maximum Gasteiger partial charge on any atom is 0.373 e. The molecule has 0 bridgehead atoms. The van der Waals surface area contributed by atoms with Crippen LogP contribution < -0.4 is 14.8 Å². The molecule has 2 aromatic rings. The van der Waals surface area contributed by atoms with Crippen molar-refractivity contribution in [3.8, 4) is 11.6 Å². The van der Waals surface area contributed by atoms with Crippen molar-refractivity contribution in [1.82, 2.24) is 9.97 Å². The first kappa shape index (κ1) is 15.5. The minimum Gasteiger partial charge on any atom is -0.497 e. The Morgan fingerprint density at radius 1 is 1.32 bits per heavy atom. The SMILES string of the molecule is COc1cccc(Nc2ncnc(OC(C)C)c2[N+](=O)[O-])c1. The Bertz CT molecular complexity index is 676. The molecule has 0 saturated heterocycles. The summed E-state index contributed by atoms with van der Waals surface area (Å²) < 4.78 is 10.5. The molecule has 0 aliphatic rings. The van der Waals surface area contributed by atoms with Crippen LogP contribution >= 0.6 is 0 Å². The van der Waals surface area contributed by atoms with E-state index in [-0.39, 0.29) is 23.5 Å². The third-order valence-electron chi connectivity index (χ3n) is 2.65. The number of hydrogen-bond acceptors (Lipinski definition) is 7. The summed E-state index contributed by atoms with van der Waals surface area (Å²) >= 11 is 0. The summed E-state index contributed by atoms with van der Waals surface area (Å²) in [6.45, 7) is 3.53. The molecule has 0 unspecified atom stereocenters. The van der Waals surface area contributed by atoms with Crippen molar-refractivity contribution >= 4 is 17.2 Å². The lowest BCUT2D eigenvalue weighted by molar-refractivity contribution is -0.385. The lowest BCUT2D eigenvalue weighted by atomic mass is 10.3. The first-order valence-electron chi connectivity index (χ1n) is 6.58. The highest BCUT2D eigenvalue weighted by Crippen LogP contribution is 2.33. The van der Waals surface area contributed by atoms with E-state index in [0.717, 1.165) is 0 Å². The van der Waals surface area contributed by atoms with E-state index >= 15 is 0 Å². The Balaban J connectivity index is 2.39. The molecule has 8 heteroatoms. The molecular weight excluding hydrogens is 288 g/mol. The van der Waals surface area contributed by atoms with Gasteiger partial charge in [0.2, 0.25) is 5.82 Å². The molecule has 22 heavy (non-hydrogen) atoms. The molecule has 116 valence electrons. The zero-order valence-corrected chi connectivity index (χ0v) is 12.4. The fourth-order valence-corrected chi connectivity index (χ4v) is 1.77. The minimum absolute atomic E-state index is 0.0592. The fourth-order valence-electron chi connectivity index (χ4n) is 1.77. The van der Waals surface area contributed by atoms with E-state index in [4.69, 9.17) is 9.47 Å². The largest absolute Gasteiger partial charge is 0.497 e. The summed E-state index contributed by atoms with van der Waals surface area (Å²) in [4.78, 5) is 18.5. The minimum atomic E-state index is -0.569. The maximum absolute atomic E-state index is 11.3. The van der Waals surface area contributed by atoms with Crippen LogP contribution in [0.1, 0.15) is 13.8 Å². The Kier molecular flexibility index (Phi) is 4.72. The Labute approximate surface area is 127 Å². The predicted octanol–water partition coefficient (Wildman–Crippen LogP) is 2.92. The lowest BCUT2D eigenvalue weighted by Gasteiger charge is -2.11. The number of methoxy groups -OCH3 is 1. The number of ether oxygens (including phenoxy) is 2. The van der Waals surface area contributed by atoms with E-state index in [0.29, 0.717) is 11.4 Å². The summed E-state index contributed by atoms with van der Waals surface area (Å²) in [6.07, 6.45) is 0.978. The van der Waals surface area contributed by atoms with Crippen molar-refractivity contribution < 1.29 is 14.4 Å². The van der Waals surface area contributed by atoms with Gasteiger partial charge in [0.15, 0.2) is 0 Å². The average Bonchev–Trinajstić information content (AvgIpc) is 2.46. The quantitative estimate of drug-likeness (QED) is 0.647. The smallest absolute Gasteiger partial charge is 0.373 e. The van der Waals surface area contributed by atoms with Gasteiger partial charge in [0.05, 0.1) is 18.1 Å². The normalized spacial score (nSPS) is 10.4. The summed E-state index contributed by atoms with van der Waals surface area (Å²) in [5.74, 6) is 0.615. The number of anilines is 2.